The summed E-state index contributed by atoms with van der Waals surface area (Å²) in [6, 6.07) is 8.15. The van der Waals surface area contributed by atoms with E-state index in [-0.39, 0.29) is 0 Å². The van der Waals surface area contributed by atoms with Crippen molar-refractivity contribution in [3.05, 3.63) is 42.1 Å². The van der Waals surface area contributed by atoms with E-state index in [1.165, 1.54) is 27.4 Å². The van der Waals surface area contributed by atoms with E-state index in [9.17, 15) is 0 Å². The van der Waals surface area contributed by atoms with E-state index in [1.807, 2.05) is 35.5 Å². The summed E-state index contributed by atoms with van der Waals surface area (Å²) in [4.78, 5) is 0. The SMILES string of the molecule is Cn1ncc2ccccc21.NN1NC=CS1. The molecule has 0 aliphatic carbocycles. The summed E-state index contributed by atoms with van der Waals surface area (Å²) >= 11 is 1.42. The Hall–Kier alpha value is -1.50. The lowest BCUT2D eigenvalue weighted by molar-refractivity contribution is 0.441. The second-order valence-corrected chi connectivity index (χ2v) is 4.07. The van der Waals surface area contributed by atoms with E-state index >= 15 is 0 Å². The zero-order valence-electron chi connectivity index (χ0n) is 8.87. The Morgan fingerprint density at radius 3 is 2.75 bits per heavy atom. The molecule has 0 bridgehead atoms. The van der Waals surface area contributed by atoms with Crippen molar-refractivity contribution in [3.63, 3.8) is 0 Å². The van der Waals surface area contributed by atoms with Crippen molar-refractivity contribution in [1.29, 1.82) is 0 Å². The Kier molecular flexibility index (Phi) is 3.45. The van der Waals surface area contributed by atoms with Gasteiger partial charge >= 0.3 is 0 Å². The van der Waals surface area contributed by atoms with Crippen LogP contribution < -0.4 is 11.3 Å². The van der Waals surface area contributed by atoms with E-state index in [0.717, 1.165) is 0 Å². The first-order valence-electron chi connectivity index (χ1n) is 4.77. The first-order valence-corrected chi connectivity index (χ1v) is 5.60. The van der Waals surface area contributed by atoms with E-state index in [4.69, 9.17) is 5.84 Å². The van der Waals surface area contributed by atoms with Crippen LogP contribution in [0, 0.1) is 0 Å². The number of rotatable bonds is 0. The molecule has 84 valence electrons. The van der Waals surface area contributed by atoms with Gasteiger partial charge in [-0.2, -0.15) is 5.10 Å². The number of aryl methyl sites for hydroxylation is 1. The summed E-state index contributed by atoms with van der Waals surface area (Å²) in [6.07, 6.45) is 3.64. The third-order valence-corrected chi connectivity index (χ3v) is 2.69. The molecule has 0 radical (unpaired) electrons. The number of hydrogen-bond acceptors (Lipinski definition) is 5. The Bertz CT molecular complexity index is 485. The summed E-state index contributed by atoms with van der Waals surface area (Å²) < 4.78 is 3.29. The van der Waals surface area contributed by atoms with Crippen LogP contribution in [0.3, 0.4) is 0 Å². The number of nitrogens with two attached hydrogens (primary N) is 1. The van der Waals surface area contributed by atoms with Crippen molar-refractivity contribution in [2.45, 2.75) is 0 Å². The monoisotopic (exact) mass is 235 g/mol. The number of aromatic nitrogens is 2. The quantitative estimate of drug-likeness (QED) is 0.533. The molecule has 0 spiro atoms. The smallest absolute Gasteiger partial charge is 0.0679 e. The van der Waals surface area contributed by atoms with Gasteiger partial charge in [0.25, 0.3) is 0 Å². The standard InChI is InChI=1S/C8H8N2.C2H5N3S/c1-10-8-5-3-2-4-7(8)6-9-10;3-5-4-1-2-6-5/h2-6H,1H3;1-2,4H,3H2. The first kappa shape index (κ1) is 11.0. The lowest BCUT2D eigenvalue weighted by Gasteiger charge is -2.02. The van der Waals surface area contributed by atoms with Crippen molar-refractivity contribution >= 4 is 22.9 Å². The molecule has 2 aromatic rings. The molecule has 3 N–H and O–H groups in total. The molecule has 1 aromatic carbocycles. The molecule has 0 atom stereocenters. The van der Waals surface area contributed by atoms with Gasteiger partial charge in [0, 0.05) is 24.0 Å². The fraction of sp³-hybridized carbons (Fsp3) is 0.100. The Morgan fingerprint density at radius 1 is 1.38 bits per heavy atom. The van der Waals surface area contributed by atoms with Gasteiger partial charge in [-0.15, -0.1) is 0 Å². The minimum Gasteiger partial charge on any atom is -0.302 e. The topological polar surface area (TPSA) is 59.1 Å². The molecule has 1 aromatic heterocycles. The number of nitrogens with zero attached hydrogens (tertiary/aromatic N) is 3. The van der Waals surface area contributed by atoms with Crippen LogP contribution in [0.4, 0.5) is 0 Å². The molecule has 0 unspecified atom stereocenters. The number of nitrogens with one attached hydrogen (secondary N) is 1. The molecule has 0 amide bonds. The number of benzene rings is 1. The highest BCUT2D eigenvalue weighted by atomic mass is 32.2. The third-order valence-electron chi connectivity index (χ3n) is 2.10. The average molecular weight is 235 g/mol. The van der Waals surface area contributed by atoms with Crippen molar-refractivity contribution in [2.75, 3.05) is 0 Å². The molecule has 0 saturated heterocycles. The lowest BCUT2D eigenvalue weighted by atomic mass is 10.3. The van der Waals surface area contributed by atoms with Gasteiger partial charge in [-0.3, -0.25) is 4.68 Å². The first-order chi connectivity index (χ1) is 7.77. The van der Waals surface area contributed by atoms with Crippen LogP contribution in [0.2, 0.25) is 0 Å². The van der Waals surface area contributed by atoms with Gasteiger partial charge in [-0.25, -0.2) is 5.84 Å². The van der Waals surface area contributed by atoms with Crippen LogP contribution in [0.5, 0.6) is 0 Å². The zero-order chi connectivity index (χ0) is 11.4. The molecular weight excluding hydrogens is 222 g/mol. The zero-order valence-corrected chi connectivity index (χ0v) is 9.69. The second-order valence-electron chi connectivity index (χ2n) is 3.19. The molecule has 2 heterocycles. The lowest BCUT2D eigenvalue weighted by Crippen LogP contribution is -2.29. The summed E-state index contributed by atoms with van der Waals surface area (Å²) in [5, 5.41) is 7.17. The van der Waals surface area contributed by atoms with Crippen molar-refractivity contribution in [3.8, 4) is 0 Å². The molecule has 6 heteroatoms. The minimum absolute atomic E-state index is 1.18. The highest BCUT2D eigenvalue weighted by Gasteiger charge is 1.95. The summed E-state index contributed by atoms with van der Waals surface area (Å²) in [5.74, 6) is 5.16. The van der Waals surface area contributed by atoms with Gasteiger partial charge in [0.05, 0.1) is 11.7 Å². The van der Waals surface area contributed by atoms with Crippen molar-refractivity contribution < 1.29 is 0 Å². The Balaban J connectivity index is 0.000000138. The van der Waals surface area contributed by atoms with Gasteiger partial charge < -0.3 is 5.43 Å². The molecule has 5 nitrogen and oxygen atoms in total. The molecule has 16 heavy (non-hydrogen) atoms. The number of para-hydroxylation sites is 1. The predicted molar refractivity (Wildman–Crippen MR) is 66.6 cm³/mol. The van der Waals surface area contributed by atoms with Crippen LogP contribution >= 0.6 is 11.9 Å². The number of fused-ring (bicyclic) bond motifs is 1. The van der Waals surface area contributed by atoms with Gasteiger partial charge in [0.15, 0.2) is 0 Å². The molecule has 1 aliphatic heterocycles. The second kappa shape index (κ2) is 5.02. The van der Waals surface area contributed by atoms with Crippen molar-refractivity contribution in [2.24, 2.45) is 12.9 Å². The maximum atomic E-state index is 5.16. The largest absolute Gasteiger partial charge is 0.302 e. The van der Waals surface area contributed by atoms with E-state index < -0.39 is 0 Å². The summed E-state index contributed by atoms with van der Waals surface area (Å²) in [5.41, 5.74) is 3.90. The molecular formula is C10H13N5S. The molecule has 0 fully saturated rings. The normalized spacial score (nSPS) is 14.6. The molecule has 3 rings (SSSR count). The van der Waals surface area contributed by atoms with Gasteiger partial charge in [-0.05, 0) is 18.0 Å². The summed E-state index contributed by atoms with van der Waals surface area (Å²) in [6.45, 7) is 0. The van der Waals surface area contributed by atoms with Crippen molar-refractivity contribution in [1.82, 2.24) is 19.7 Å². The van der Waals surface area contributed by atoms with E-state index in [2.05, 4.69) is 22.7 Å². The minimum atomic E-state index is 1.18. The molecule has 1 aliphatic rings. The maximum Gasteiger partial charge on any atom is 0.0679 e. The average Bonchev–Trinajstić information content (AvgIpc) is 2.91. The Morgan fingerprint density at radius 2 is 2.19 bits per heavy atom. The van der Waals surface area contributed by atoms with Crippen LogP contribution in [0.25, 0.3) is 10.9 Å². The molecule has 0 saturated carbocycles. The third kappa shape index (κ3) is 2.54. The highest BCUT2D eigenvalue weighted by molar-refractivity contribution is 7.99. The Labute approximate surface area is 98.0 Å². The highest BCUT2D eigenvalue weighted by Crippen LogP contribution is 2.10. The van der Waals surface area contributed by atoms with Crippen LogP contribution in [0.1, 0.15) is 0 Å². The van der Waals surface area contributed by atoms with Crippen LogP contribution in [-0.2, 0) is 7.05 Å². The number of hydrazine groups is 2. The van der Waals surface area contributed by atoms with E-state index in [1.54, 1.807) is 6.20 Å². The fourth-order valence-electron chi connectivity index (χ4n) is 1.33. The summed E-state index contributed by atoms with van der Waals surface area (Å²) in [7, 11) is 1.95. The maximum absolute atomic E-state index is 5.16. The fourth-order valence-corrected chi connectivity index (χ4v) is 1.71. The van der Waals surface area contributed by atoms with Gasteiger partial charge in [0.1, 0.15) is 0 Å². The van der Waals surface area contributed by atoms with E-state index in [0.29, 0.717) is 0 Å². The van der Waals surface area contributed by atoms with Gasteiger partial charge in [0.2, 0.25) is 0 Å². The van der Waals surface area contributed by atoms with Crippen LogP contribution in [0.15, 0.2) is 42.1 Å². The number of hydrogen-bond donors (Lipinski definition) is 2. The van der Waals surface area contributed by atoms with Crippen LogP contribution in [-0.4, -0.2) is 14.3 Å². The van der Waals surface area contributed by atoms with Gasteiger partial charge in [-0.1, -0.05) is 22.7 Å². The predicted octanol–water partition coefficient (Wildman–Crippen LogP) is 1.37.